The van der Waals surface area contributed by atoms with E-state index in [1.54, 1.807) is 0 Å². The molecule has 0 N–H and O–H groups in total. The maximum Gasteiger partial charge on any atom is 0.00698 e. The van der Waals surface area contributed by atoms with E-state index in [0.29, 0.717) is 12.1 Å². The first-order chi connectivity index (χ1) is 9.52. The minimum absolute atomic E-state index is 0. The van der Waals surface area contributed by atoms with Crippen LogP contribution >= 0.6 is 0 Å². The molecule has 0 aliphatic rings. The average molecular weight is 325 g/mol. The Morgan fingerprint density at radius 3 is 1.67 bits per heavy atom. The van der Waals surface area contributed by atoms with Gasteiger partial charge in [0, 0.05) is 35.7 Å². The first-order valence-corrected chi connectivity index (χ1v) is 7.34. The second kappa shape index (κ2) is 10.6. The van der Waals surface area contributed by atoms with E-state index in [2.05, 4.69) is 63.4 Å². The van der Waals surface area contributed by atoms with Crippen molar-refractivity contribution in [3.63, 3.8) is 0 Å². The summed E-state index contributed by atoms with van der Waals surface area (Å²) in [6.45, 7) is 14.1. The Morgan fingerprint density at radius 1 is 0.952 bits per heavy atom. The molecule has 0 saturated heterocycles. The van der Waals surface area contributed by atoms with Crippen molar-refractivity contribution in [2.75, 3.05) is 6.54 Å². The first kappa shape index (κ1) is 19.9. The van der Waals surface area contributed by atoms with E-state index in [0.717, 1.165) is 6.54 Å². The largest absolute Gasteiger partial charge is 0.748 e. The summed E-state index contributed by atoms with van der Waals surface area (Å²) in [6, 6.07) is 19.5. The van der Waals surface area contributed by atoms with Crippen LogP contribution < -0.4 is 0 Å². The van der Waals surface area contributed by atoms with Gasteiger partial charge in [-0.15, -0.1) is 23.3 Å². The van der Waals surface area contributed by atoms with E-state index in [-0.39, 0.29) is 17.1 Å². The summed E-state index contributed by atoms with van der Waals surface area (Å²) in [5, 5.41) is 0. The third-order valence-electron chi connectivity index (χ3n) is 3.33. The average Bonchev–Trinajstić information content (AvgIpc) is 3.08. The van der Waals surface area contributed by atoms with Crippen molar-refractivity contribution in [2.24, 2.45) is 0 Å². The molecule has 0 aliphatic carbocycles. The predicted octanol–water partition coefficient (Wildman–Crippen LogP) is 4.94. The Morgan fingerprint density at radius 2 is 1.33 bits per heavy atom. The zero-order valence-corrected chi connectivity index (χ0v) is 14.7. The smallest absolute Gasteiger partial charge is 0.00698 e. The second-order valence-corrected chi connectivity index (χ2v) is 5.60. The van der Waals surface area contributed by atoms with Crippen LogP contribution in [0.15, 0.2) is 61.2 Å². The quantitative estimate of drug-likeness (QED) is 0.556. The van der Waals surface area contributed by atoms with Gasteiger partial charge < -0.3 is 30.3 Å². The zero-order chi connectivity index (χ0) is 15.0. The predicted molar refractivity (Wildman–Crippen MR) is 90.1 cm³/mol. The van der Waals surface area contributed by atoms with Gasteiger partial charge >= 0.3 is 0 Å². The zero-order valence-electron chi connectivity index (χ0n) is 13.6. The molecule has 2 aromatic carbocycles. The van der Waals surface area contributed by atoms with Gasteiger partial charge in [-0.05, 0) is 27.7 Å². The monoisotopic (exact) mass is 325 g/mol. The molecule has 0 heterocycles. The van der Waals surface area contributed by atoms with Gasteiger partial charge in [0.25, 0.3) is 0 Å². The fourth-order valence-corrected chi connectivity index (χ4v) is 2.20. The Bertz CT molecular complexity index is 427. The van der Waals surface area contributed by atoms with Crippen LogP contribution in [0.4, 0.5) is 0 Å². The summed E-state index contributed by atoms with van der Waals surface area (Å²) < 4.78 is 0. The van der Waals surface area contributed by atoms with Crippen molar-refractivity contribution < 1.29 is 17.1 Å². The summed E-state index contributed by atoms with van der Waals surface area (Å²) >= 11 is 0. The van der Waals surface area contributed by atoms with E-state index in [1.807, 2.05) is 30.3 Å². The molecule has 0 unspecified atom stereocenters. The van der Waals surface area contributed by atoms with Gasteiger partial charge in [-0.2, -0.15) is 18.7 Å². The van der Waals surface area contributed by atoms with Crippen LogP contribution in [0.3, 0.4) is 0 Å². The molecule has 1 nitrogen and oxygen atoms in total. The molecule has 0 aromatic heterocycles. The SMILES string of the molecule is C=C(CN(C(C)C)C(C)C)[c-]1cccc1.[Fe].[cH-]1[cH-][cH-][cH-][cH-]1. The van der Waals surface area contributed by atoms with Gasteiger partial charge in [-0.1, -0.05) is 0 Å². The maximum absolute atomic E-state index is 4.16. The number of nitrogens with zero attached hydrogens (tertiary/aromatic N) is 1. The molecule has 0 aliphatic heterocycles. The molecule has 0 radical (unpaired) electrons. The van der Waals surface area contributed by atoms with Crippen molar-refractivity contribution in [3.8, 4) is 0 Å². The first-order valence-electron chi connectivity index (χ1n) is 7.34. The molecule has 2 rings (SSSR count). The summed E-state index contributed by atoms with van der Waals surface area (Å²) in [6.07, 6.45) is 0. The van der Waals surface area contributed by atoms with Crippen molar-refractivity contribution in [1.82, 2.24) is 4.90 Å². The molecule has 0 bridgehead atoms. The van der Waals surface area contributed by atoms with Gasteiger partial charge in [0.2, 0.25) is 0 Å². The van der Waals surface area contributed by atoms with E-state index < -0.39 is 0 Å². The van der Waals surface area contributed by atoms with Crippen molar-refractivity contribution in [2.45, 2.75) is 39.8 Å². The molecule has 0 atom stereocenters. The van der Waals surface area contributed by atoms with Gasteiger partial charge in [-0.25, -0.2) is 0 Å². The Balaban J connectivity index is 0.000000562. The minimum atomic E-state index is 0. The fraction of sp³-hybridized carbons (Fsp3) is 0.368. The Hall–Kier alpha value is -1.08. The molecule has 2 heteroatoms. The van der Waals surface area contributed by atoms with Crippen LogP contribution in [0.5, 0.6) is 0 Å². The summed E-state index contributed by atoms with van der Waals surface area (Å²) in [5.74, 6) is 0. The van der Waals surface area contributed by atoms with Crippen LogP contribution in [0.2, 0.25) is 0 Å². The molecule has 0 amide bonds. The Labute approximate surface area is 140 Å². The molecule has 0 fully saturated rings. The van der Waals surface area contributed by atoms with E-state index in [1.165, 1.54) is 11.1 Å². The molecular weight excluding hydrogens is 298 g/mol. The standard InChI is InChI=1S/C14H22N.C5H5.Fe/c1-11(2)15(12(3)4)10-13(5)14-8-6-7-9-14;1-2-4-5-3-1;/h6-9,11-12H,5,10H2,1-4H3;1-5H;/q-1;-5;. The van der Waals surface area contributed by atoms with Gasteiger partial charge in [-0.3, -0.25) is 4.90 Å². The summed E-state index contributed by atoms with van der Waals surface area (Å²) in [5.41, 5.74) is 2.48. The van der Waals surface area contributed by atoms with Gasteiger partial charge in [0.1, 0.15) is 0 Å². The molecule has 2 aromatic rings. The van der Waals surface area contributed by atoms with Crippen molar-refractivity contribution >= 4 is 5.57 Å². The summed E-state index contributed by atoms with van der Waals surface area (Å²) in [7, 11) is 0. The minimum Gasteiger partial charge on any atom is -0.748 e. The number of hydrogen-bond donors (Lipinski definition) is 0. The molecule has 0 saturated carbocycles. The molecule has 122 valence electrons. The topological polar surface area (TPSA) is 3.24 Å². The third-order valence-corrected chi connectivity index (χ3v) is 3.33. The van der Waals surface area contributed by atoms with Crippen LogP contribution in [-0.4, -0.2) is 23.5 Å². The third kappa shape index (κ3) is 7.47. The van der Waals surface area contributed by atoms with Gasteiger partial charge in [0.15, 0.2) is 0 Å². The molecular formula is C19H27FeN-6. The van der Waals surface area contributed by atoms with E-state index >= 15 is 0 Å². The molecule has 21 heavy (non-hydrogen) atoms. The summed E-state index contributed by atoms with van der Waals surface area (Å²) in [4.78, 5) is 2.45. The van der Waals surface area contributed by atoms with E-state index in [4.69, 9.17) is 0 Å². The van der Waals surface area contributed by atoms with Gasteiger partial charge in [0.05, 0.1) is 0 Å². The van der Waals surface area contributed by atoms with Crippen LogP contribution in [0, 0.1) is 0 Å². The van der Waals surface area contributed by atoms with Crippen LogP contribution in [-0.2, 0) is 17.1 Å². The van der Waals surface area contributed by atoms with E-state index in [9.17, 15) is 0 Å². The van der Waals surface area contributed by atoms with Crippen LogP contribution in [0.1, 0.15) is 33.3 Å². The Kier molecular flexibility index (Phi) is 10.1. The second-order valence-electron chi connectivity index (χ2n) is 5.60. The number of hydrogen-bond acceptors (Lipinski definition) is 1. The van der Waals surface area contributed by atoms with Crippen molar-refractivity contribution in [3.05, 3.63) is 66.7 Å². The normalized spacial score (nSPS) is 10.2. The van der Waals surface area contributed by atoms with Crippen LogP contribution in [0.25, 0.3) is 5.57 Å². The fourth-order valence-electron chi connectivity index (χ4n) is 2.20. The molecule has 0 spiro atoms. The van der Waals surface area contributed by atoms with Crippen molar-refractivity contribution in [1.29, 1.82) is 0 Å². The maximum atomic E-state index is 4.16. The number of rotatable bonds is 5.